The van der Waals surface area contributed by atoms with Gasteiger partial charge in [0.25, 0.3) is 0 Å². The number of aromatic nitrogens is 1. The third-order valence-corrected chi connectivity index (χ3v) is 2.87. The molecule has 1 unspecified atom stereocenters. The maximum Gasteiger partial charge on any atom is 0.138 e. The Balaban J connectivity index is 3.37. The smallest absolute Gasteiger partial charge is 0.138 e. The summed E-state index contributed by atoms with van der Waals surface area (Å²) in [5, 5.41) is 0.421. The molecule has 0 bridgehead atoms. The summed E-state index contributed by atoms with van der Waals surface area (Å²) in [6.45, 7) is 4.01. The highest BCUT2D eigenvalue weighted by molar-refractivity contribution is 7.91. The van der Waals surface area contributed by atoms with E-state index in [1.807, 2.05) is 26.0 Å². The molecule has 1 N–H and O–H groups in total. The minimum Gasteiger partial charge on any atom is -0.248 e. The fraction of sp³-hybridized carbons (Fsp3) is 0.444. The average molecular weight is 198 g/mol. The summed E-state index contributed by atoms with van der Waals surface area (Å²) < 4.78 is 19.0. The first-order chi connectivity index (χ1) is 5.93. The van der Waals surface area contributed by atoms with Gasteiger partial charge in [-0.2, -0.15) is 0 Å². The van der Waals surface area contributed by atoms with Gasteiger partial charge in [-0.15, -0.1) is 0 Å². The highest BCUT2D eigenvalue weighted by Gasteiger charge is 2.13. The summed E-state index contributed by atoms with van der Waals surface area (Å²) in [4.78, 5) is 4.01. The van der Waals surface area contributed by atoms with Crippen LogP contribution in [-0.4, -0.2) is 15.4 Å². The standard InChI is InChI=1S/C9H14N2OS/c1-7(2)8-5-4-6-11-9(8)13(3,10)12/h4-7,10H,1-3H3. The number of rotatable bonds is 2. The lowest BCUT2D eigenvalue weighted by atomic mass is 10.1. The lowest BCUT2D eigenvalue weighted by molar-refractivity contribution is 0.671. The Labute approximate surface area is 79.2 Å². The minimum absolute atomic E-state index is 0.259. The van der Waals surface area contributed by atoms with Gasteiger partial charge in [-0.1, -0.05) is 19.9 Å². The molecule has 0 amide bonds. The first-order valence-electron chi connectivity index (χ1n) is 4.11. The molecule has 0 saturated heterocycles. The zero-order valence-corrected chi connectivity index (χ0v) is 8.89. The quantitative estimate of drug-likeness (QED) is 0.792. The van der Waals surface area contributed by atoms with E-state index in [4.69, 9.17) is 4.78 Å². The molecule has 1 rings (SSSR count). The molecule has 13 heavy (non-hydrogen) atoms. The molecule has 1 aromatic heterocycles. The second-order valence-corrected chi connectivity index (χ2v) is 5.47. The van der Waals surface area contributed by atoms with E-state index >= 15 is 0 Å². The van der Waals surface area contributed by atoms with Gasteiger partial charge in [0, 0.05) is 12.5 Å². The van der Waals surface area contributed by atoms with Gasteiger partial charge in [-0.05, 0) is 17.5 Å². The van der Waals surface area contributed by atoms with Crippen molar-refractivity contribution in [3.8, 4) is 0 Å². The maximum atomic E-state index is 11.5. The van der Waals surface area contributed by atoms with Crippen LogP contribution in [0.3, 0.4) is 0 Å². The Morgan fingerprint density at radius 2 is 2.15 bits per heavy atom. The van der Waals surface area contributed by atoms with Crippen LogP contribution in [0.1, 0.15) is 25.3 Å². The van der Waals surface area contributed by atoms with E-state index in [9.17, 15) is 4.21 Å². The predicted octanol–water partition coefficient (Wildman–Crippen LogP) is 2.24. The van der Waals surface area contributed by atoms with Crippen LogP contribution in [0.5, 0.6) is 0 Å². The van der Waals surface area contributed by atoms with Crippen LogP contribution >= 0.6 is 0 Å². The van der Waals surface area contributed by atoms with Crippen LogP contribution in [-0.2, 0) is 9.73 Å². The number of nitrogens with one attached hydrogen (secondary N) is 1. The van der Waals surface area contributed by atoms with Crippen LogP contribution in [0.15, 0.2) is 23.4 Å². The van der Waals surface area contributed by atoms with E-state index < -0.39 is 9.73 Å². The summed E-state index contributed by atoms with van der Waals surface area (Å²) in [7, 11) is -2.69. The van der Waals surface area contributed by atoms with Crippen molar-refractivity contribution in [3.63, 3.8) is 0 Å². The highest BCUT2D eigenvalue weighted by atomic mass is 32.2. The average Bonchev–Trinajstić information content (AvgIpc) is 2.03. The molecule has 0 aromatic carbocycles. The zero-order chi connectivity index (χ0) is 10.1. The Morgan fingerprint density at radius 3 is 2.54 bits per heavy atom. The fourth-order valence-electron chi connectivity index (χ4n) is 1.17. The molecule has 1 heterocycles. The van der Waals surface area contributed by atoms with Gasteiger partial charge in [0.2, 0.25) is 0 Å². The Kier molecular flexibility index (Phi) is 2.71. The molecular weight excluding hydrogens is 184 g/mol. The van der Waals surface area contributed by atoms with Crippen LogP contribution in [0.2, 0.25) is 0 Å². The highest BCUT2D eigenvalue weighted by Crippen LogP contribution is 2.21. The lowest BCUT2D eigenvalue weighted by Gasteiger charge is -2.10. The van der Waals surface area contributed by atoms with Gasteiger partial charge in [0.05, 0.1) is 9.73 Å². The van der Waals surface area contributed by atoms with Gasteiger partial charge in [-0.25, -0.2) is 14.0 Å². The number of hydrogen-bond acceptors (Lipinski definition) is 3. The monoisotopic (exact) mass is 198 g/mol. The summed E-state index contributed by atoms with van der Waals surface area (Å²) in [5.41, 5.74) is 0.907. The molecule has 3 nitrogen and oxygen atoms in total. The minimum atomic E-state index is -2.69. The second kappa shape index (κ2) is 3.46. The zero-order valence-electron chi connectivity index (χ0n) is 8.07. The summed E-state index contributed by atoms with van der Waals surface area (Å²) in [5.74, 6) is 0.259. The largest absolute Gasteiger partial charge is 0.248 e. The third-order valence-electron chi connectivity index (χ3n) is 1.79. The van der Waals surface area contributed by atoms with Crippen molar-refractivity contribution in [1.29, 1.82) is 4.78 Å². The molecule has 0 spiro atoms. The van der Waals surface area contributed by atoms with Crippen LogP contribution < -0.4 is 0 Å². The number of pyridine rings is 1. The van der Waals surface area contributed by atoms with E-state index in [1.54, 1.807) is 6.20 Å². The maximum absolute atomic E-state index is 11.5. The normalized spacial score (nSPS) is 15.7. The predicted molar refractivity (Wildman–Crippen MR) is 53.4 cm³/mol. The first kappa shape index (κ1) is 10.2. The number of nitrogens with zero attached hydrogens (tertiary/aromatic N) is 1. The van der Waals surface area contributed by atoms with Crippen molar-refractivity contribution in [2.75, 3.05) is 6.26 Å². The molecule has 0 fully saturated rings. The number of hydrogen-bond donors (Lipinski definition) is 1. The molecule has 0 aliphatic heterocycles. The first-order valence-corrected chi connectivity index (χ1v) is 6.08. The van der Waals surface area contributed by atoms with Crippen LogP contribution in [0.4, 0.5) is 0 Å². The van der Waals surface area contributed by atoms with Crippen LogP contribution in [0.25, 0.3) is 0 Å². The molecule has 0 radical (unpaired) electrons. The van der Waals surface area contributed by atoms with Gasteiger partial charge in [0.1, 0.15) is 5.03 Å². The van der Waals surface area contributed by atoms with E-state index in [0.717, 1.165) is 5.56 Å². The van der Waals surface area contributed by atoms with Crippen molar-refractivity contribution >= 4 is 9.73 Å². The summed E-state index contributed by atoms with van der Waals surface area (Å²) in [6, 6.07) is 3.69. The fourth-order valence-corrected chi connectivity index (χ4v) is 2.18. The van der Waals surface area contributed by atoms with Crippen molar-refractivity contribution in [1.82, 2.24) is 4.98 Å². The Hall–Kier alpha value is -0.900. The van der Waals surface area contributed by atoms with Crippen LogP contribution in [0, 0.1) is 4.78 Å². The van der Waals surface area contributed by atoms with E-state index in [1.165, 1.54) is 6.26 Å². The van der Waals surface area contributed by atoms with Crippen molar-refractivity contribution in [3.05, 3.63) is 23.9 Å². The van der Waals surface area contributed by atoms with Gasteiger partial charge in [-0.3, -0.25) is 0 Å². The second-order valence-electron chi connectivity index (χ2n) is 3.40. The van der Waals surface area contributed by atoms with E-state index in [2.05, 4.69) is 4.98 Å². The van der Waals surface area contributed by atoms with Crippen molar-refractivity contribution in [2.45, 2.75) is 24.8 Å². The van der Waals surface area contributed by atoms with Crippen molar-refractivity contribution in [2.24, 2.45) is 0 Å². The molecule has 0 saturated carbocycles. The third kappa shape index (κ3) is 2.28. The summed E-state index contributed by atoms with van der Waals surface area (Å²) in [6.07, 6.45) is 2.99. The Bertz CT molecular complexity index is 396. The SMILES string of the molecule is CC(C)c1cccnc1S(C)(=N)=O. The molecule has 1 aromatic rings. The van der Waals surface area contributed by atoms with Gasteiger partial charge < -0.3 is 0 Å². The topological polar surface area (TPSA) is 53.8 Å². The molecule has 0 aliphatic rings. The Morgan fingerprint density at radius 1 is 1.54 bits per heavy atom. The van der Waals surface area contributed by atoms with Gasteiger partial charge >= 0.3 is 0 Å². The lowest BCUT2D eigenvalue weighted by Crippen LogP contribution is -2.04. The molecule has 1 atom stereocenters. The molecule has 0 aliphatic carbocycles. The van der Waals surface area contributed by atoms with E-state index in [0.29, 0.717) is 5.03 Å². The molecule has 4 heteroatoms. The molecule has 72 valence electrons. The molecular formula is C9H14N2OS. The van der Waals surface area contributed by atoms with E-state index in [-0.39, 0.29) is 5.92 Å². The van der Waals surface area contributed by atoms with Gasteiger partial charge in [0.15, 0.2) is 0 Å². The van der Waals surface area contributed by atoms with Crippen molar-refractivity contribution < 1.29 is 4.21 Å². The summed E-state index contributed by atoms with van der Waals surface area (Å²) >= 11 is 0.